The normalized spacial score (nSPS) is 26.3. The van der Waals surface area contributed by atoms with Crippen molar-refractivity contribution in [3.05, 3.63) is 41.6 Å². The Labute approximate surface area is 194 Å². The third kappa shape index (κ3) is 4.03. The van der Waals surface area contributed by atoms with Crippen LogP contribution in [-0.2, 0) is 4.74 Å². The number of alkyl halides is 1. The zero-order chi connectivity index (χ0) is 23.0. The highest BCUT2D eigenvalue weighted by atomic mass is 32.1. The number of aliphatic imine (C=N–C) groups is 1. The summed E-state index contributed by atoms with van der Waals surface area (Å²) in [4.78, 5) is 21.8. The number of carbonyl (C=O) groups is 1. The number of aromatic nitrogens is 4. The molecule has 0 aromatic carbocycles. The van der Waals surface area contributed by atoms with Crippen LogP contribution in [0.5, 0.6) is 0 Å². The number of nitrogens with zero attached hydrogens (tertiary/aromatic N) is 5. The van der Waals surface area contributed by atoms with Crippen LogP contribution in [0.15, 0.2) is 40.9 Å². The number of imidazole rings is 1. The maximum atomic E-state index is 14.5. The molecular weight excluding hydrogens is 443 g/mol. The topological polar surface area (TPSA) is 93.8 Å². The number of ether oxygens (including phenoxy) is 1. The molecular formula is C23H25FN6O2S. The van der Waals surface area contributed by atoms with E-state index in [0.29, 0.717) is 46.9 Å². The fraction of sp³-hybridized carbons (Fsp3) is 0.435. The summed E-state index contributed by atoms with van der Waals surface area (Å²) in [5.41, 5.74) is 1.44. The number of dihydropyridines is 1. The minimum Gasteiger partial charge on any atom is -0.461 e. The van der Waals surface area contributed by atoms with Gasteiger partial charge in [0.1, 0.15) is 29.1 Å². The molecule has 10 heteroatoms. The minimum absolute atomic E-state index is 0.224. The van der Waals surface area contributed by atoms with Crippen LogP contribution < -0.4 is 5.32 Å². The molecule has 0 amide bonds. The summed E-state index contributed by atoms with van der Waals surface area (Å²) in [5, 5.41) is 13.7. The summed E-state index contributed by atoms with van der Waals surface area (Å²) >= 11 is 1.36. The fourth-order valence-electron chi connectivity index (χ4n) is 4.89. The largest absolute Gasteiger partial charge is 0.461 e. The molecule has 2 atom stereocenters. The van der Waals surface area contributed by atoms with Crippen molar-refractivity contribution >= 4 is 34.3 Å². The lowest BCUT2D eigenvalue weighted by molar-refractivity contribution is 0.0276. The van der Waals surface area contributed by atoms with Crippen LogP contribution in [0.2, 0.25) is 0 Å². The monoisotopic (exact) mass is 468 g/mol. The molecule has 0 spiro atoms. The van der Waals surface area contributed by atoms with Gasteiger partial charge in [-0.05, 0) is 50.0 Å². The molecule has 0 radical (unpaired) electrons. The quantitative estimate of drug-likeness (QED) is 0.522. The molecule has 2 aliphatic rings. The number of anilines is 1. The number of esters is 1. The SMILES string of the molecule is CCOC(=O)c1csc2nc(-c3ccc(NCC4(C5N=CC=CC5F)CC(C)C4)nn3)cn12. The van der Waals surface area contributed by atoms with Crippen LogP contribution in [0.4, 0.5) is 10.2 Å². The molecule has 1 N–H and O–H groups in total. The lowest BCUT2D eigenvalue weighted by Crippen LogP contribution is -2.53. The summed E-state index contributed by atoms with van der Waals surface area (Å²) in [6.45, 7) is 4.86. The van der Waals surface area contributed by atoms with E-state index in [1.54, 1.807) is 41.3 Å². The summed E-state index contributed by atoms with van der Waals surface area (Å²) in [5.74, 6) is 0.797. The highest BCUT2D eigenvalue weighted by molar-refractivity contribution is 7.15. The number of halogens is 1. The molecule has 4 heterocycles. The summed E-state index contributed by atoms with van der Waals surface area (Å²) in [6.07, 6.45) is 7.50. The number of nitrogens with one attached hydrogen (secondary N) is 1. The number of allylic oxidation sites excluding steroid dienone is 1. The molecule has 2 unspecified atom stereocenters. The number of fused-ring (bicyclic) bond motifs is 1. The molecule has 8 nitrogen and oxygen atoms in total. The molecule has 3 aromatic heterocycles. The van der Waals surface area contributed by atoms with Crippen molar-refractivity contribution in [1.82, 2.24) is 19.6 Å². The lowest BCUT2D eigenvalue weighted by Gasteiger charge is -2.51. The van der Waals surface area contributed by atoms with Crippen LogP contribution in [0.3, 0.4) is 0 Å². The van der Waals surface area contributed by atoms with E-state index in [0.717, 1.165) is 12.8 Å². The first-order valence-corrected chi connectivity index (χ1v) is 11.9. The first-order chi connectivity index (χ1) is 16.0. The van der Waals surface area contributed by atoms with E-state index in [2.05, 4.69) is 32.4 Å². The predicted molar refractivity (Wildman–Crippen MR) is 126 cm³/mol. The lowest BCUT2D eigenvalue weighted by atomic mass is 9.57. The second-order valence-electron chi connectivity index (χ2n) is 8.73. The highest BCUT2D eigenvalue weighted by Gasteiger charge is 2.50. The Morgan fingerprint density at radius 2 is 2.18 bits per heavy atom. The van der Waals surface area contributed by atoms with Crippen LogP contribution in [0, 0.1) is 11.3 Å². The smallest absolute Gasteiger partial charge is 0.356 e. The number of hydrogen-bond acceptors (Lipinski definition) is 8. The second-order valence-corrected chi connectivity index (χ2v) is 9.56. The van der Waals surface area contributed by atoms with Gasteiger partial charge in [0, 0.05) is 29.8 Å². The molecule has 1 aliphatic carbocycles. The maximum absolute atomic E-state index is 14.5. The summed E-state index contributed by atoms with van der Waals surface area (Å²) in [6, 6.07) is 3.31. The van der Waals surface area contributed by atoms with E-state index >= 15 is 0 Å². The maximum Gasteiger partial charge on any atom is 0.356 e. The zero-order valence-corrected chi connectivity index (χ0v) is 19.3. The van der Waals surface area contributed by atoms with Gasteiger partial charge in [-0.15, -0.1) is 21.5 Å². The van der Waals surface area contributed by atoms with Gasteiger partial charge in [-0.25, -0.2) is 14.2 Å². The van der Waals surface area contributed by atoms with Crippen molar-refractivity contribution in [2.45, 2.75) is 38.9 Å². The Balaban J connectivity index is 1.29. The van der Waals surface area contributed by atoms with Gasteiger partial charge in [0.15, 0.2) is 4.96 Å². The highest BCUT2D eigenvalue weighted by Crippen LogP contribution is 2.51. The number of rotatable bonds is 7. The Morgan fingerprint density at radius 1 is 1.33 bits per heavy atom. The summed E-state index contributed by atoms with van der Waals surface area (Å²) < 4.78 is 21.4. The minimum atomic E-state index is -1.06. The molecule has 33 heavy (non-hydrogen) atoms. The van der Waals surface area contributed by atoms with Crippen molar-refractivity contribution in [1.29, 1.82) is 0 Å². The molecule has 0 saturated heterocycles. The van der Waals surface area contributed by atoms with Gasteiger partial charge in [0.2, 0.25) is 0 Å². The molecule has 5 rings (SSSR count). The molecule has 3 aromatic rings. The number of thiazole rings is 1. The van der Waals surface area contributed by atoms with Crippen molar-refractivity contribution in [2.75, 3.05) is 18.5 Å². The zero-order valence-electron chi connectivity index (χ0n) is 18.4. The van der Waals surface area contributed by atoms with Gasteiger partial charge in [-0.3, -0.25) is 9.39 Å². The van der Waals surface area contributed by atoms with E-state index in [1.165, 1.54) is 11.3 Å². The van der Waals surface area contributed by atoms with Crippen molar-refractivity contribution in [3.8, 4) is 11.4 Å². The first-order valence-electron chi connectivity index (χ1n) is 11.0. The van der Waals surface area contributed by atoms with E-state index in [1.807, 2.05) is 12.1 Å². The van der Waals surface area contributed by atoms with Crippen LogP contribution >= 0.6 is 11.3 Å². The molecule has 1 aliphatic heterocycles. The first kappa shape index (κ1) is 21.7. The molecule has 172 valence electrons. The Morgan fingerprint density at radius 3 is 2.88 bits per heavy atom. The predicted octanol–water partition coefficient (Wildman–Crippen LogP) is 4.21. The van der Waals surface area contributed by atoms with E-state index in [4.69, 9.17) is 4.74 Å². The Kier molecular flexibility index (Phi) is 5.69. The van der Waals surface area contributed by atoms with E-state index < -0.39 is 6.17 Å². The Bertz CT molecular complexity index is 1210. The van der Waals surface area contributed by atoms with Gasteiger partial charge in [-0.1, -0.05) is 6.92 Å². The fourth-order valence-corrected chi connectivity index (χ4v) is 5.73. The third-order valence-electron chi connectivity index (χ3n) is 6.31. The van der Waals surface area contributed by atoms with Gasteiger partial charge < -0.3 is 10.1 Å². The van der Waals surface area contributed by atoms with Crippen molar-refractivity contribution < 1.29 is 13.9 Å². The van der Waals surface area contributed by atoms with Gasteiger partial charge >= 0.3 is 5.97 Å². The standard InChI is InChI=1S/C23H25FN6O2S/c1-3-32-21(31)18-12-33-22-27-17(11-30(18)22)16-6-7-19(29-28-16)26-13-23(9-14(2)10-23)20-15(24)5-4-8-25-20/h4-8,11-12,14-15,20H,3,9-10,13H2,1-2H3,(H,26,29). The Hall–Kier alpha value is -3.14. The molecule has 1 saturated carbocycles. The van der Waals surface area contributed by atoms with Crippen LogP contribution in [0.25, 0.3) is 16.3 Å². The summed E-state index contributed by atoms with van der Waals surface area (Å²) in [7, 11) is 0. The second kappa shape index (κ2) is 8.66. The average molecular weight is 469 g/mol. The van der Waals surface area contributed by atoms with E-state index in [-0.39, 0.29) is 17.4 Å². The van der Waals surface area contributed by atoms with Gasteiger partial charge in [-0.2, -0.15) is 0 Å². The van der Waals surface area contributed by atoms with Crippen LogP contribution in [0.1, 0.15) is 37.2 Å². The third-order valence-corrected chi connectivity index (χ3v) is 7.15. The van der Waals surface area contributed by atoms with Crippen molar-refractivity contribution in [3.63, 3.8) is 0 Å². The number of hydrogen-bond donors (Lipinski definition) is 1. The average Bonchev–Trinajstić information content (AvgIpc) is 3.38. The van der Waals surface area contributed by atoms with Crippen molar-refractivity contribution in [2.24, 2.45) is 16.3 Å². The van der Waals surface area contributed by atoms with Gasteiger partial charge in [0.25, 0.3) is 0 Å². The van der Waals surface area contributed by atoms with Gasteiger partial charge in [0.05, 0.1) is 12.6 Å². The van der Waals surface area contributed by atoms with Crippen LogP contribution in [-0.4, -0.2) is 57.1 Å². The number of carbonyl (C=O) groups excluding carboxylic acids is 1. The molecule has 1 fully saturated rings. The molecule has 0 bridgehead atoms. The van der Waals surface area contributed by atoms with E-state index in [9.17, 15) is 9.18 Å².